The Labute approximate surface area is 127 Å². The molecule has 1 aliphatic heterocycles. The molecule has 1 aromatic carbocycles. The SMILES string of the molecule is O=C(Nc1cnc(-c2cccc(Cl)c2)nc1)[C@H]1CCCO1. The largest absolute Gasteiger partial charge is 0.368 e. The highest BCUT2D eigenvalue weighted by atomic mass is 35.5. The molecule has 5 nitrogen and oxygen atoms in total. The number of aromatic nitrogens is 2. The van der Waals surface area contributed by atoms with Crippen molar-refractivity contribution in [3.63, 3.8) is 0 Å². The molecule has 0 spiro atoms. The first kappa shape index (κ1) is 14.0. The maximum Gasteiger partial charge on any atom is 0.253 e. The van der Waals surface area contributed by atoms with Gasteiger partial charge in [-0.1, -0.05) is 23.7 Å². The van der Waals surface area contributed by atoms with E-state index in [2.05, 4.69) is 15.3 Å². The van der Waals surface area contributed by atoms with Gasteiger partial charge in [0.2, 0.25) is 0 Å². The van der Waals surface area contributed by atoms with Crippen molar-refractivity contribution in [3.05, 3.63) is 41.7 Å². The van der Waals surface area contributed by atoms with Crippen LogP contribution in [0.25, 0.3) is 11.4 Å². The fraction of sp³-hybridized carbons (Fsp3) is 0.267. The maximum absolute atomic E-state index is 11.9. The number of carbonyl (C=O) groups is 1. The van der Waals surface area contributed by atoms with Crippen molar-refractivity contribution < 1.29 is 9.53 Å². The Balaban J connectivity index is 1.70. The summed E-state index contributed by atoms with van der Waals surface area (Å²) in [5.41, 5.74) is 1.39. The Morgan fingerprint density at radius 3 is 2.81 bits per heavy atom. The van der Waals surface area contributed by atoms with Crippen molar-refractivity contribution in [3.8, 4) is 11.4 Å². The van der Waals surface area contributed by atoms with E-state index in [-0.39, 0.29) is 12.0 Å². The Kier molecular flexibility index (Phi) is 4.13. The van der Waals surface area contributed by atoms with Crippen molar-refractivity contribution >= 4 is 23.2 Å². The van der Waals surface area contributed by atoms with Crippen LogP contribution in [0.15, 0.2) is 36.7 Å². The molecule has 1 saturated heterocycles. The second-order valence-electron chi connectivity index (χ2n) is 4.80. The molecule has 0 unspecified atom stereocenters. The highest BCUT2D eigenvalue weighted by Crippen LogP contribution is 2.20. The number of hydrogen-bond acceptors (Lipinski definition) is 4. The predicted octanol–water partition coefficient (Wildman–Crippen LogP) is 2.91. The highest BCUT2D eigenvalue weighted by Gasteiger charge is 2.23. The Bertz CT molecular complexity index is 640. The summed E-state index contributed by atoms with van der Waals surface area (Å²) in [5, 5.41) is 3.39. The smallest absolute Gasteiger partial charge is 0.253 e. The fourth-order valence-electron chi connectivity index (χ4n) is 2.18. The summed E-state index contributed by atoms with van der Waals surface area (Å²) in [6.07, 6.45) is 4.47. The van der Waals surface area contributed by atoms with Crippen LogP contribution >= 0.6 is 11.6 Å². The average Bonchev–Trinajstić information content (AvgIpc) is 3.02. The van der Waals surface area contributed by atoms with Crippen molar-refractivity contribution in [2.45, 2.75) is 18.9 Å². The zero-order valence-electron chi connectivity index (χ0n) is 11.3. The highest BCUT2D eigenvalue weighted by molar-refractivity contribution is 6.30. The lowest BCUT2D eigenvalue weighted by Gasteiger charge is -2.10. The van der Waals surface area contributed by atoms with Crippen LogP contribution in [0.2, 0.25) is 5.02 Å². The lowest BCUT2D eigenvalue weighted by Crippen LogP contribution is -2.26. The fourth-order valence-corrected chi connectivity index (χ4v) is 2.37. The molecule has 1 N–H and O–H groups in total. The molecule has 1 aliphatic rings. The number of ether oxygens (including phenoxy) is 1. The van der Waals surface area contributed by atoms with E-state index in [1.54, 1.807) is 24.5 Å². The molecule has 108 valence electrons. The van der Waals surface area contributed by atoms with E-state index >= 15 is 0 Å². The molecule has 2 aromatic rings. The first-order chi connectivity index (χ1) is 10.2. The summed E-state index contributed by atoms with van der Waals surface area (Å²) < 4.78 is 5.33. The quantitative estimate of drug-likeness (QED) is 0.947. The summed E-state index contributed by atoms with van der Waals surface area (Å²) in [5.74, 6) is 0.416. The molecule has 1 atom stereocenters. The van der Waals surface area contributed by atoms with Gasteiger partial charge in [-0.05, 0) is 25.0 Å². The number of halogens is 1. The zero-order chi connectivity index (χ0) is 14.7. The molecular formula is C15H14ClN3O2. The van der Waals surface area contributed by atoms with E-state index in [0.29, 0.717) is 23.1 Å². The summed E-state index contributed by atoms with van der Waals surface area (Å²) >= 11 is 5.94. The lowest BCUT2D eigenvalue weighted by molar-refractivity contribution is -0.124. The number of nitrogens with zero attached hydrogens (tertiary/aromatic N) is 2. The standard InChI is InChI=1S/C15H14ClN3O2/c16-11-4-1-3-10(7-11)14-17-8-12(9-18-14)19-15(20)13-5-2-6-21-13/h1,3-4,7-9,13H,2,5-6H2,(H,19,20)/t13-/m1/s1. The maximum atomic E-state index is 11.9. The van der Waals surface area contributed by atoms with Gasteiger partial charge in [0.05, 0.1) is 18.1 Å². The van der Waals surface area contributed by atoms with Gasteiger partial charge in [-0.15, -0.1) is 0 Å². The summed E-state index contributed by atoms with van der Waals surface area (Å²) in [4.78, 5) is 20.4. The number of benzene rings is 1. The van der Waals surface area contributed by atoms with E-state index in [1.165, 1.54) is 0 Å². The second-order valence-corrected chi connectivity index (χ2v) is 5.23. The lowest BCUT2D eigenvalue weighted by atomic mass is 10.2. The first-order valence-electron chi connectivity index (χ1n) is 6.73. The van der Waals surface area contributed by atoms with Gasteiger partial charge in [0.15, 0.2) is 5.82 Å². The molecule has 0 bridgehead atoms. The van der Waals surface area contributed by atoms with Crippen molar-refractivity contribution in [2.75, 3.05) is 11.9 Å². The zero-order valence-corrected chi connectivity index (χ0v) is 12.0. The van der Waals surface area contributed by atoms with Gasteiger partial charge in [-0.3, -0.25) is 4.79 Å². The Morgan fingerprint density at radius 1 is 1.33 bits per heavy atom. The number of carbonyl (C=O) groups excluding carboxylic acids is 1. The monoisotopic (exact) mass is 303 g/mol. The van der Waals surface area contributed by atoms with Crippen LogP contribution < -0.4 is 5.32 Å². The van der Waals surface area contributed by atoms with E-state index < -0.39 is 0 Å². The Morgan fingerprint density at radius 2 is 2.14 bits per heavy atom. The molecule has 21 heavy (non-hydrogen) atoms. The number of anilines is 1. The van der Waals surface area contributed by atoms with Gasteiger partial charge in [-0.25, -0.2) is 9.97 Å². The van der Waals surface area contributed by atoms with Crippen LogP contribution in [0.1, 0.15) is 12.8 Å². The molecule has 1 amide bonds. The molecule has 1 fully saturated rings. The number of nitrogens with one attached hydrogen (secondary N) is 1. The van der Waals surface area contributed by atoms with Crippen molar-refractivity contribution in [1.29, 1.82) is 0 Å². The van der Waals surface area contributed by atoms with Gasteiger partial charge in [0.1, 0.15) is 6.10 Å². The van der Waals surface area contributed by atoms with Crippen LogP contribution in [-0.4, -0.2) is 28.6 Å². The summed E-state index contributed by atoms with van der Waals surface area (Å²) in [7, 11) is 0. The topological polar surface area (TPSA) is 64.1 Å². The number of hydrogen-bond donors (Lipinski definition) is 1. The third-order valence-corrected chi connectivity index (χ3v) is 3.46. The molecule has 0 radical (unpaired) electrons. The number of amides is 1. The number of rotatable bonds is 3. The van der Waals surface area contributed by atoms with Crippen LogP contribution in [0.4, 0.5) is 5.69 Å². The molecule has 1 aromatic heterocycles. The van der Waals surface area contributed by atoms with Gasteiger partial charge >= 0.3 is 0 Å². The summed E-state index contributed by atoms with van der Waals surface area (Å²) in [6, 6.07) is 7.31. The molecule has 0 aliphatic carbocycles. The summed E-state index contributed by atoms with van der Waals surface area (Å²) in [6.45, 7) is 0.641. The Hall–Kier alpha value is -1.98. The minimum absolute atomic E-state index is 0.147. The van der Waals surface area contributed by atoms with Crippen LogP contribution in [-0.2, 0) is 9.53 Å². The molecule has 3 rings (SSSR count). The van der Waals surface area contributed by atoms with E-state index in [4.69, 9.17) is 16.3 Å². The first-order valence-corrected chi connectivity index (χ1v) is 7.10. The predicted molar refractivity (Wildman–Crippen MR) is 80.1 cm³/mol. The van der Waals surface area contributed by atoms with E-state index in [9.17, 15) is 4.79 Å². The van der Waals surface area contributed by atoms with Crippen molar-refractivity contribution in [1.82, 2.24) is 9.97 Å². The minimum Gasteiger partial charge on any atom is -0.368 e. The molecule has 2 heterocycles. The van der Waals surface area contributed by atoms with Crippen LogP contribution in [0.5, 0.6) is 0 Å². The minimum atomic E-state index is -0.363. The van der Waals surface area contributed by atoms with E-state index in [0.717, 1.165) is 18.4 Å². The van der Waals surface area contributed by atoms with Gasteiger partial charge in [0.25, 0.3) is 5.91 Å². The van der Waals surface area contributed by atoms with Gasteiger partial charge in [-0.2, -0.15) is 0 Å². The average molecular weight is 304 g/mol. The van der Waals surface area contributed by atoms with E-state index in [1.807, 2.05) is 12.1 Å². The normalized spacial score (nSPS) is 17.7. The van der Waals surface area contributed by atoms with Crippen molar-refractivity contribution in [2.24, 2.45) is 0 Å². The molecule has 0 saturated carbocycles. The third-order valence-electron chi connectivity index (χ3n) is 3.22. The van der Waals surface area contributed by atoms with Gasteiger partial charge in [0, 0.05) is 17.2 Å². The third kappa shape index (κ3) is 3.37. The molecular weight excluding hydrogens is 290 g/mol. The van der Waals surface area contributed by atoms with Crippen LogP contribution in [0.3, 0.4) is 0 Å². The van der Waals surface area contributed by atoms with Gasteiger partial charge < -0.3 is 10.1 Å². The second kappa shape index (κ2) is 6.20. The molecule has 6 heteroatoms. The van der Waals surface area contributed by atoms with Crippen LogP contribution in [0, 0.1) is 0 Å².